The number of halogens is 1. The van der Waals surface area contributed by atoms with Crippen LogP contribution in [-0.4, -0.2) is 5.78 Å². The van der Waals surface area contributed by atoms with Crippen LogP contribution in [0.5, 0.6) is 0 Å². The lowest BCUT2D eigenvalue weighted by Crippen LogP contribution is -2.00. The molecule has 1 aromatic rings. The van der Waals surface area contributed by atoms with Crippen LogP contribution >= 0.6 is 11.6 Å². The van der Waals surface area contributed by atoms with E-state index in [9.17, 15) is 4.79 Å². The van der Waals surface area contributed by atoms with Gasteiger partial charge in [-0.3, -0.25) is 4.79 Å². The summed E-state index contributed by atoms with van der Waals surface area (Å²) in [4.78, 5) is 11.9. The Morgan fingerprint density at radius 3 is 2.69 bits per heavy atom. The van der Waals surface area contributed by atoms with Gasteiger partial charge in [0, 0.05) is 12.0 Å². The molecule has 0 bridgehead atoms. The van der Waals surface area contributed by atoms with Crippen LogP contribution in [0.1, 0.15) is 54.9 Å². The predicted octanol–water partition coefficient (Wildman–Crippen LogP) is 4.80. The van der Waals surface area contributed by atoms with Crippen molar-refractivity contribution in [2.75, 3.05) is 0 Å². The molecule has 1 rings (SSSR count). The highest BCUT2D eigenvalue weighted by atomic mass is 35.5. The summed E-state index contributed by atoms with van der Waals surface area (Å²) >= 11 is 6.11. The fourth-order valence-corrected chi connectivity index (χ4v) is 1.94. The molecule has 0 heterocycles. The van der Waals surface area contributed by atoms with Crippen molar-refractivity contribution in [1.82, 2.24) is 0 Å². The summed E-state index contributed by atoms with van der Waals surface area (Å²) in [5, 5.41) is 0.614. The first-order valence-electron chi connectivity index (χ1n) is 5.95. The van der Waals surface area contributed by atoms with Crippen molar-refractivity contribution in [2.45, 2.75) is 46.0 Å². The predicted molar refractivity (Wildman–Crippen MR) is 69.3 cm³/mol. The van der Waals surface area contributed by atoms with Gasteiger partial charge in [-0.05, 0) is 25.0 Å². The molecule has 16 heavy (non-hydrogen) atoms. The number of hydrogen-bond donors (Lipinski definition) is 0. The number of benzene rings is 1. The molecule has 2 heteroatoms. The van der Waals surface area contributed by atoms with Gasteiger partial charge in [-0.1, -0.05) is 49.9 Å². The fraction of sp³-hybridized carbons (Fsp3) is 0.500. The second kappa shape index (κ2) is 6.70. The molecule has 0 unspecified atom stereocenters. The fourth-order valence-electron chi connectivity index (χ4n) is 1.71. The van der Waals surface area contributed by atoms with Gasteiger partial charge < -0.3 is 0 Å². The standard InChI is InChI=1S/C14H19ClO/c1-3-4-5-6-10-13(16)12-9-7-8-11(2)14(12)15/h7-9H,3-6,10H2,1-2H3. The SMILES string of the molecule is CCCCCCC(=O)c1cccc(C)c1Cl. The van der Waals surface area contributed by atoms with Crippen molar-refractivity contribution in [3.8, 4) is 0 Å². The first-order chi connectivity index (χ1) is 7.66. The van der Waals surface area contributed by atoms with Crippen LogP contribution in [0.25, 0.3) is 0 Å². The first kappa shape index (κ1) is 13.2. The lowest BCUT2D eigenvalue weighted by Gasteiger charge is -2.05. The summed E-state index contributed by atoms with van der Waals surface area (Å²) in [5.74, 6) is 0.171. The molecule has 0 saturated carbocycles. The second-order valence-electron chi connectivity index (χ2n) is 4.17. The van der Waals surface area contributed by atoms with Gasteiger partial charge in [0.15, 0.2) is 5.78 Å². The van der Waals surface area contributed by atoms with Crippen molar-refractivity contribution in [3.63, 3.8) is 0 Å². The van der Waals surface area contributed by atoms with Crippen LogP contribution in [0.15, 0.2) is 18.2 Å². The quantitative estimate of drug-likeness (QED) is 0.514. The Hall–Kier alpha value is -0.820. The van der Waals surface area contributed by atoms with E-state index in [1.807, 2.05) is 25.1 Å². The van der Waals surface area contributed by atoms with Gasteiger partial charge in [0.05, 0.1) is 5.02 Å². The van der Waals surface area contributed by atoms with Gasteiger partial charge in [-0.25, -0.2) is 0 Å². The van der Waals surface area contributed by atoms with Gasteiger partial charge in [0.1, 0.15) is 0 Å². The minimum absolute atomic E-state index is 0.171. The number of rotatable bonds is 6. The Labute approximate surface area is 103 Å². The van der Waals surface area contributed by atoms with Crippen molar-refractivity contribution in [3.05, 3.63) is 34.3 Å². The molecule has 0 N–H and O–H groups in total. The van der Waals surface area contributed by atoms with E-state index in [4.69, 9.17) is 11.6 Å². The van der Waals surface area contributed by atoms with Crippen molar-refractivity contribution in [1.29, 1.82) is 0 Å². The van der Waals surface area contributed by atoms with Gasteiger partial charge in [-0.2, -0.15) is 0 Å². The number of Topliss-reactive ketones (excluding diaryl/α,β-unsaturated/α-hetero) is 1. The average Bonchev–Trinajstić information content (AvgIpc) is 2.28. The maximum atomic E-state index is 11.9. The summed E-state index contributed by atoms with van der Waals surface area (Å²) in [7, 11) is 0. The third-order valence-corrected chi connectivity index (χ3v) is 3.25. The Bertz CT molecular complexity index is 358. The molecule has 1 nitrogen and oxygen atoms in total. The van der Waals surface area contributed by atoms with Gasteiger partial charge >= 0.3 is 0 Å². The lowest BCUT2D eigenvalue weighted by atomic mass is 10.0. The molecule has 0 atom stereocenters. The first-order valence-corrected chi connectivity index (χ1v) is 6.33. The topological polar surface area (TPSA) is 17.1 Å². The number of unbranched alkanes of at least 4 members (excludes halogenated alkanes) is 3. The summed E-state index contributed by atoms with van der Waals surface area (Å²) < 4.78 is 0. The van der Waals surface area contributed by atoms with E-state index in [-0.39, 0.29) is 5.78 Å². The molecular weight excluding hydrogens is 220 g/mol. The molecular formula is C14H19ClO. The molecule has 0 fully saturated rings. The summed E-state index contributed by atoms with van der Waals surface area (Å²) in [6, 6.07) is 5.63. The van der Waals surface area contributed by atoms with Gasteiger partial charge in [-0.15, -0.1) is 0 Å². The highest BCUT2D eigenvalue weighted by Gasteiger charge is 2.10. The van der Waals surface area contributed by atoms with Crippen LogP contribution in [0.2, 0.25) is 5.02 Å². The number of carbonyl (C=O) groups is 1. The van der Waals surface area contributed by atoms with Crippen LogP contribution in [0.4, 0.5) is 0 Å². The molecule has 0 spiro atoms. The monoisotopic (exact) mass is 238 g/mol. The van der Waals surface area contributed by atoms with E-state index in [0.717, 1.165) is 18.4 Å². The summed E-state index contributed by atoms with van der Waals surface area (Å²) in [6.45, 7) is 4.09. The zero-order valence-corrected chi connectivity index (χ0v) is 10.8. The zero-order valence-electron chi connectivity index (χ0n) is 10.1. The number of ketones is 1. The van der Waals surface area contributed by atoms with E-state index in [2.05, 4.69) is 6.92 Å². The third kappa shape index (κ3) is 3.64. The Morgan fingerprint density at radius 1 is 1.25 bits per heavy atom. The summed E-state index contributed by atoms with van der Waals surface area (Å²) in [6.07, 6.45) is 5.11. The normalized spacial score (nSPS) is 10.4. The molecule has 0 aromatic heterocycles. The molecule has 0 aliphatic carbocycles. The van der Waals surface area contributed by atoms with Gasteiger partial charge in [0.2, 0.25) is 0 Å². The van der Waals surface area contributed by atoms with Crippen molar-refractivity contribution >= 4 is 17.4 Å². The number of hydrogen-bond acceptors (Lipinski definition) is 1. The molecule has 88 valence electrons. The van der Waals surface area contributed by atoms with E-state index in [1.165, 1.54) is 12.8 Å². The highest BCUT2D eigenvalue weighted by Crippen LogP contribution is 2.22. The average molecular weight is 239 g/mol. The van der Waals surface area contributed by atoms with Crippen LogP contribution in [0.3, 0.4) is 0 Å². The van der Waals surface area contributed by atoms with E-state index in [1.54, 1.807) is 0 Å². The van der Waals surface area contributed by atoms with E-state index < -0.39 is 0 Å². The van der Waals surface area contributed by atoms with Crippen molar-refractivity contribution in [2.24, 2.45) is 0 Å². The largest absolute Gasteiger partial charge is 0.294 e. The van der Waals surface area contributed by atoms with Crippen LogP contribution in [0, 0.1) is 6.92 Å². The molecule has 1 aromatic carbocycles. The minimum Gasteiger partial charge on any atom is -0.294 e. The highest BCUT2D eigenvalue weighted by molar-refractivity contribution is 6.34. The maximum absolute atomic E-state index is 11.9. The van der Waals surface area contributed by atoms with E-state index in [0.29, 0.717) is 17.0 Å². The Morgan fingerprint density at radius 2 is 2.00 bits per heavy atom. The number of aryl methyl sites for hydroxylation is 1. The van der Waals surface area contributed by atoms with Crippen molar-refractivity contribution < 1.29 is 4.79 Å². The van der Waals surface area contributed by atoms with E-state index >= 15 is 0 Å². The lowest BCUT2D eigenvalue weighted by molar-refractivity contribution is 0.0979. The number of carbonyl (C=O) groups excluding carboxylic acids is 1. The Kier molecular flexibility index (Phi) is 5.54. The molecule has 0 saturated heterocycles. The minimum atomic E-state index is 0.171. The van der Waals surface area contributed by atoms with Crippen LogP contribution < -0.4 is 0 Å². The maximum Gasteiger partial charge on any atom is 0.164 e. The molecule has 0 aliphatic heterocycles. The second-order valence-corrected chi connectivity index (χ2v) is 4.55. The summed E-state index contributed by atoms with van der Waals surface area (Å²) in [5.41, 5.74) is 1.65. The Balaban J connectivity index is 2.56. The van der Waals surface area contributed by atoms with Gasteiger partial charge in [0.25, 0.3) is 0 Å². The van der Waals surface area contributed by atoms with Crippen LogP contribution in [-0.2, 0) is 0 Å². The zero-order chi connectivity index (χ0) is 12.0. The smallest absolute Gasteiger partial charge is 0.164 e. The third-order valence-electron chi connectivity index (χ3n) is 2.75. The molecule has 0 aliphatic rings. The molecule has 0 radical (unpaired) electrons. The molecule has 0 amide bonds.